The number of nitrogens with one attached hydrogen (secondary N) is 1. The van der Waals surface area contributed by atoms with Gasteiger partial charge in [0.25, 0.3) is 5.91 Å². The fourth-order valence-electron chi connectivity index (χ4n) is 2.32. The zero-order valence-electron chi connectivity index (χ0n) is 14.7. The van der Waals surface area contributed by atoms with E-state index in [-0.39, 0.29) is 5.91 Å². The van der Waals surface area contributed by atoms with Crippen LogP contribution in [0.5, 0.6) is 11.5 Å². The highest BCUT2D eigenvalue weighted by atomic mass is 16.5. The first-order chi connectivity index (χ1) is 12.0. The second kappa shape index (κ2) is 8.19. The van der Waals surface area contributed by atoms with E-state index in [9.17, 15) is 9.59 Å². The smallest absolute Gasteiger partial charge is 0.338 e. The minimum Gasteiger partial charge on any atom is -0.496 e. The van der Waals surface area contributed by atoms with E-state index >= 15 is 0 Å². The highest BCUT2D eigenvalue weighted by Gasteiger charge is 2.14. The number of hydrogen-bond donors (Lipinski definition) is 1. The topological polar surface area (TPSA) is 73.9 Å². The van der Waals surface area contributed by atoms with Crippen molar-refractivity contribution in [3.8, 4) is 11.5 Å². The zero-order chi connectivity index (χ0) is 18.4. The van der Waals surface area contributed by atoms with Crippen LogP contribution in [0.4, 0.5) is 5.69 Å². The summed E-state index contributed by atoms with van der Waals surface area (Å²) in [5, 5.41) is 2.78. The van der Waals surface area contributed by atoms with Gasteiger partial charge in [-0.3, -0.25) is 4.79 Å². The maximum Gasteiger partial charge on any atom is 0.338 e. The molecule has 132 valence electrons. The van der Waals surface area contributed by atoms with E-state index < -0.39 is 5.97 Å². The van der Waals surface area contributed by atoms with Crippen LogP contribution in [0, 0.1) is 6.92 Å². The third-order valence-electron chi connectivity index (χ3n) is 3.67. The van der Waals surface area contributed by atoms with Crippen LogP contribution in [0.1, 0.15) is 33.2 Å². The largest absolute Gasteiger partial charge is 0.496 e. The molecule has 0 spiro atoms. The maximum absolute atomic E-state index is 12.5. The van der Waals surface area contributed by atoms with E-state index in [1.165, 1.54) is 14.2 Å². The molecule has 0 aromatic heterocycles. The van der Waals surface area contributed by atoms with Gasteiger partial charge in [0, 0.05) is 16.8 Å². The quantitative estimate of drug-likeness (QED) is 0.813. The lowest BCUT2D eigenvalue weighted by Crippen LogP contribution is -2.13. The first-order valence-corrected chi connectivity index (χ1v) is 7.81. The molecule has 0 bridgehead atoms. The van der Waals surface area contributed by atoms with Gasteiger partial charge in [0.05, 0.1) is 26.4 Å². The number of carbonyl (C=O) groups is 2. The lowest BCUT2D eigenvalue weighted by molar-refractivity contribution is 0.0526. The van der Waals surface area contributed by atoms with Gasteiger partial charge >= 0.3 is 5.97 Å². The second-order valence-electron chi connectivity index (χ2n) is 5.26. The Balaban J connectivity index is 2.18. The SMILES string of the molecule is CCOC(=O)c1ccc(NC(=O)c2cc(OC)c(C)c(OC)c2)cc1. The third-order valence-corrected chi connectivity index (χ3v) is 3.67. The lowest BCUT2D eigenvalue weighted by Gasteiger charge is -2.13. The molecule has 2 aromatic rings. The Morgan fingerprint density at radius 2 is 1.52 bits per heavy atom. The standard InChI is InChI=1S/C19H21NO5/c1-5-25-19(22)13-6-8-15(9-7-13)20-18(21)14-10-16(23-3)12(2)17(11-14)24-4/h6-11H,5H2,1-4H3,(H,20,21). The molecule has 0 radical (unpaired) electrons. The Morgan fingerprint density at radius 1 is 0.960 bits per heavy atom. The molecule has 2 aromatic carbocycles. The Morgan fingerprint density at radius 3 is 2.00 bits per heavy atom. The van der Waals surface area contributed by atoms with E-state index in [2.05, 4.69) is 5.32 Å². The molecule has 0 aliphatic heterocycles. The normalized spacial score (nSPS) is 10.1. The van der Waals surface area contributed by atoms with Crippen molar-refractivity contribution in [2.24, 2.45) is 0 Å². The molecule has 6 heteroatoms. The van der Waals surface area contributed by atoms with Crippen LogP contribution in [0.2, 0.25) is 0 Å². The van der Waals surface area contributed by atoms with Crippen molar-refractivity contribution in [2.75, 3.05) is 26.1 Å². The number of hydrogen-bond acceptors (Lipinski definition) is 5. The average Bonchev–Trinajstić information content (AvgIpc) is 2.62. The molecule has 2 rings (SSSR count). The molecule has 6 nitrogen and oxygen atoms in total. The van der Waals surface area contributed by atoms with Gasteiger partial charge in [0.1, 0.15) is 11.5 Å². The number of rotatable bonds is 6. The molecule has 0 heterocycles. The summed E-state index contributed by atoms with van der Waals surface area (Å²) in [6, 6.07) is 9.80. The number of ether oxygens (including phenoxy) is 3. The van der Waals surface area contributed by atoms with Gasteiger partial charge in [-0.1, -0.05) is 0 Å². The molecule has 1 N–H and O–H groups in total. The molecule has 0 atom stereocenters. The number of esters is 1. The van der Waals surface area contributed by atoms with E-state index in [1.54, 1.807) is 43.3 Å². The highest BCUT2D eigenvalue weighted by molar-refractivity contribution is 6.05. The van der Waals surface area contributed by atoms with Gasteiger partial charge in [-0.15, -0.1) is 0 Å². The van der Waals surface area contributed by atoms with Crippen molar-refractivity contribution in [3.63, 3.8) is 0 Å². The van der Waals surface area contributed by atoms with Crippen molar-refractivity contribution in [3.05, 3.63) is 53.1 Å². The van der Waals surface area contributed by atoms with Gasteiger partial charge < -0.3 is 19.5 Å². The summed E-state index contributed by atoms with van der Waals surface area (Å²) in [7, 11) is 3.08. The predicted octanol–water partition coefficient (Wildman–Crippen LogP) is 3.44. The van der Waals surface area contributed by atoms with Crippen LogP contribution in [-0.4, -0.2) is 32.7 Å². The monoisotopic (exact) mass is 343 g/mol. The fraction of sp³-hybridized carbons (Fsp3) is 0.263. The lowest BCUT2D eigenvalue weighted by atomic mass is 10.1. The van der Waals surface area contributed by atoms with Crippen molar-refractivity contribution >= 4 is 17.6 Å². The van der Waals surface area contributed by atoms with Crippen LogP contribution in [0.25, 0.3) is 0 Å². The number of anilines is 1. The zero-order valence-corrected chi connectivity index (χ0v) is 14.7. The van der Waals surface area contributed by atoms with E-state index in [4.69, 9.17) is 14.2 Å². The molecular weight excluding hydrogens is 322 g/mol. The Labute approximate surface area is 146 Å². The summed E-state index contributed by atoms with van der Waals surface area (Å²) < 4.78 is 15.5. The van der Waals surface area contributed by atoms with Crippen molar-refractivity contribution in [1.82, 2.24) is 0 Å². The van der Waals surface area contributed by atoms with Crippen molar-refractivity contribution in [1.29, 1.82) is 0 Å². The van der Waals surface area contributed by atoms with Crippen LogP contribution in [0.3, 0.4) is 0 Å². The van der Waals surface area contributed by atoms with E-state index in [0.29, 0.717) is 34.9 Å². The number of methoxy groups -OCH3 is 2. The minimum atomic E-state index is -0.395. The van der Waals surface area contributed by atoms with Crippen molar-refractivity contribution < 1.29 is 23.8 Å². The summed E-state index contributed by atoms with van der Waals surface area (Å²) in [5.41, 5.74) is 2.23. The van der Waals surface area contributed by atoms with Gasteiger partial charge in [-0.25, -0.2) is 4.79 Å². The summed E-state index contributed by atoms with van der Waals surface area (Å²) >= 11 is 0. The first kappa shape index (κ1) is 18.3. The molecule has 25 heavy (non-hydrogen) atoms. The van der Waals surface area contributed by atoms with Crippen LogP contribution >= 0.6 is 0 Å². The fourth-order valence-corrected chi connectivity index (χ4v) is 2.32. The number of carbonyl (C=O) groups excluding carboxylic acids is 2. The van der Waals surface area contributed by atoms with Gasteiger partial charge in [-0.2, -0.15) is 0 Å². The average molecular weight is 343 g/mol. The van der Waals surface area contributed by atoms with Crippen molar-refractivity contribution in [2.45, 2.75) is 13.8 Å². The van der Waals surface area contributed by atoms with Crippen LogP contribution in [-0.2, 0) is 4.74 Å². The highest BCUT2D eigenvalue weighted by Crippen LogP contribution is 2.29. The first-order valence-electron chi connectivity index (χ1n) is 7.81. The number of benzene rings is 2. The van der Waals surface area contributed by atoms with Crippen LogP contribution in [0.15, 0.2) is 36.4 Å². The van der Waals surface area contributed by atoms with Crippen LogP contribution < -0.4 is 14.8 Å². The molecular formula is C19H21NO5. The van der Waals surface area contributed by atoms with Gasteiger partial charge in [-0.05, 0) is 50.2 Å². The second-order valence-corrected chi connectivity index (χ2v) is 5.26. The molecule has 0 aliphatic rings. The van der Waals surface area contributed by atoms with E-state index in [0.717, 1.165) is 5.56 Å². The maximum atomic E-state index is 12.5. The van der Waals surface area contributed by atoms with Gasteiger partial charge in [0.15, 0.2) is 0 Å². The van der Waals surface area contributed by atoms with E-state index in [1.807, 2.05) is 6.92 Å². The molecule has 0 unspecified atom stereocenters. The summed E-state index contributed by atoms with van der Waals surface area (Å²) in [4.78, 5) is 24.1. The molecule has 0 saturated carbocycles. The molecule has 1 amide bonds. The Kier molecular flexibility index (Phi) is 6.00. The summed E-state index contributed by atoms with van der Waals surface area (Å²) in [5.74, 6) is 0.443. The Bertz CT molecular complexity index is 743. The van der Waals surface area contributed by atoms with Gasteiger partial charge in [0.2, 0.25) is 0 Å². The predicted molar refractivity (Wildman–Crippen MR) is 94.6 cm³/mol. The number of amides is 1. The summed E-state index contributed by atoms with van der Waals surface area (Å²) in [6.45, 7) is 3.92. The minimum absolute atomic E-state index is 0.305. The molecule has 0 aliphatic carbocycles. The third kappa shape index (κ3) is 4.29. The summed E-state index contributed by atoms with van der Waals surface area (Å²) in [6.07, 6.45) is 0. The molecule has 0 fully saturated rings. The molecule has 0 saturated heterocycles. The Hall–Kier alpha value is -3.02.